The van der Waals surface area contributed by atoms with Crippen LogP contribution in [0.5, 0.6) is 11.5 Å². The van der Waals surface area contributed by atoms with Crippen molar-refractivity contribution in [2.45, 2.75) is 19.8 Å². The Hall–Kier alpha value is -3.39. The highest BCUT2D eigenvalue weighted by Crippen LogP contribution is 2.31. The van der Waals surface area contributed by atoms with E-state index in [1.165, 1.54) is 18.3 Å². The van der Waals surface area contributed by atoms with Crippen LogP contribution in [0.1, 0.15) is 35.8 Å². The summed E-state index contributed by atoms with van der Waals surface area (Å²) in [7, 11) is 3.14. The van der Waals surface area contributed by atoms with Crippen molar-refractivity contribution < 1.29 is 23.4 Å². The van der Waals surface area contributed by atoms with Crippen LogP contribution in [0.4, 0.5) is 10.1 Å². The molecule has 7 nitrogen and oxygen atoms in total. The maximum Gasteiger partial charge on any atom is 0.259 e. The third-order valence-electron chi connectivity index (χ3n) is 4.64. The van der Waals surface area contributed by atoms with Crippen LogP contribution in [-0.2, 0) is 4.74 Å². The maximum atomic E-state index is 13.3. The molecule has 1 amide bonds. The van der Waals surface area contributed by atoms with E-state index in [2.05, 4.69) is 10.4 Å². The Kier molecular flexibility index (Phi) is 7.25. The quantitative estimate of drug-likeness (QED) is 0.512. The van der Waals surface area contributed by atoms with Gasteiger partial charge < -0.3 is 19.5 Å². The number of ether oxygens (including phenoxy) is 3. The van der Waals surface area contributed by atoms with Gasteiger partial charge in [0, 0.05) is 18.9 Å². The first-order valence-corrected chi connectivity index (χ1v) is 9.89. The molecule has 31 heavy (non-hydrogen) atoms. The van der Waals surface area contributed by atoms with Crippen molar-refractivity contribution in [3.05, 3.63) is 65.7 Å². The van der Waals surface area contributed by atoms with Gasteiger partial charge in [-0.05, 0) is 42.3 Å². The molecule has 1 N–H and O–H groups in total. The van der Waals surface area contributed by atoms with E-state index in [9.17, 15) is 9.18 Å². The second kappa shape index (κ2) is 10.1. The molecule has 1 heterocycles. The molecule has 164 valence electrons. The number of methoxy groups -OCH3 is 2. The first kappa shape index (κ1) is 22.3. The van der Waals surface area contributed by atoms with Crippen molar-refractivity contribution in [2.75, 3.05) is 32.8 Å². The number of aromatic nitrogens is 2. The Labute approximate surface area is 180 Å². The predicted octanol–water partition coefficient (Wildman–Crippen LogP) is 4.42. The molecule has 0 bridgehead atoms. The van der Waals surface area contributed by atoms with E-state index in [1.54, 1.807) is 49.2 Å². The van der Waals surface area contributed by atoms with E-state index >= 15 is 0 Å². The second-order valence-electron chi connectivity index (χ2n) is 7.15. The zero-order valence-electron chi connectivity index (χ0n) is 18.0. The molecule has 3 rings (SSSR count). The van der Waals surface area contributed by atoms with Gasteiger partial charge in [-0.3, -0.25) is 4.79 Å². The van der Waals surface area contributed by atoms with E-state index in [1.807, 2.05) is 13.8 Å². The normalized spacial score (nSPS) is 10.9. The maximum absolute atomic E-state index is 13.3. The van der Waals surface area contributed by atoms with Gasteiger partial charge in [0.2, 0.25) is 0 Å². The lowest BCUT2D eigenvalue weighted by atomic mass is 10.0. The lowest BCUT2D eigenvalue weighted by molar-refractivity contribution is 0.102. The molecule has 8 heteroatoms. The van der Waals surface area contributed by atoms with E-state index in [0.717, 1.165) is 5.69 Å². The summed E-state index contributed by atoms with van der Waals surface area (Å²) in [6.07, 6.45) is 1.52. The number of carbonyl (C=O) groups is 1. The van der Waals surface area contributed by atoms with Crippen molar-refractivity contribution in [3.8, 4) is 17.2 Å². The summed E-state index contributed by atoms with van der Waals surface area (Å²) in [5.41, 5.74) is 2.41. The largest absolute Gasteiger partial charge is 0.493 e. The molecule has 0 aliphatic rings. The van der Waals surface area contributed by atoms with E-state index in [0.29, 0.717) is 41.7 Å². The molecule has 1 aromatic heterocycles. The Morgan fingerprint density at radius 1 is 1.10 bits per heavy atom. The highest BCUT2D eigenvalue weighted by atomic mass is 19.1. The zero-order chi connectivity index (χ0) is 22.4. The third kappa shape index (κ3) is 5.21. The molecule has 0 atom stereocenters. The van der Waals surface area contributed by atoms with Crippen LogP contribution >= 0.6 is 0 Å². The van der Waals surface area contributed by atoms with Gasteiger partial charge in [-0.1, -0.05) is 13.8 Å². The van der Waals surface area contributed by atoms with Crippen LogP contribution in [0.25, 0.3) is 5.69 Å². The fourth-order valence-corrected chi connectivity index (χ4v) is 3.18. The molecule has 0 spiro atoms. The van der Waals surface area contributed by atoms with Gasteiger partial charge in [0.15, 0.2) is 11.5 Å². The number of nitrogens with one attached hydrogen (secondary N) is 1. The molecule has 0 fully saturated rings. The van der Waals surface area contributed by atoms with Crippen LogP contribution in [-0.4, -0.2) is 43.1 Å². The van der Waals surface area contributed by atoms with Crippen molar-refractivity contribution >= 4 is 11.6 Å². The van der Waals surface area contributed by atoms with Crippen LogP contribution in [0.15, 0.2) is 48.7 Å². The molecule has 0 aliphatic heterocycles. The minimum absolute atomic E-state index is 0.0112. The SMILES string of the molecule is COCCOc1cc(NC(=O)c2cnn(-c3ccc(F)cc3)c2C(C)C)ccc1OC. The average Bonchev–Trinajstić information content (AvgIpc) is 3.20. The van der Waals surface area contributed by atoms with Gasteiger partial charge in [-0.25, -0.2) is 9.07 Å². The number of halogens is 1. The van der Waals surface area contributed by atoms with Gasteiger partial charge in [0.25, 0.3) is 5.91 Å². The molecule has 0 radical (unpaired) electrons. The Bertz CT molecular complexity index is 1030. The molecule has 0 aliphatic carbocycles. The molecule has 0 saturated carbocycles. The number of anilines is 1. The zero-order valence-corrected chi connectivity index (χ0v) is 18.0. The Balaban J connectivity index is 1.86. The lowest BCUT2D eigenvalue weighted by Gasteiger charge is -2.14. The highest BCUT2D eigenvalue weighted by molar-refractivity contribution is 6.05. The van der Waals surface area contributed by atoms with Crippen LogP contribution in [0.3, 0.4) is 0 Å². The van der Waals surface area contributed by atoms with Gasteiger partial charge in [-0.15, -0.1) is 0 Å². The molecule has 0 unspecified atom stereocenters. The van der Waals surface area contributed by atoms with Crippen molar-refractivity contribution in [1.82, 2.24) is 9.78 Å². The minimum atomic E-state index is -0.331. The molecule has 0 saturated heterocycles. The number of amides is 1. The highest BCUT2D eigenvalue weighted by Gasteiger charge is 2.21. The van der Waals surface area contributed by atoms with Gasteiger partial charge >= 0.3 is 0 Å². The third-order valence-corrected chi connectivity index (χ3v) is 4.64. The Morgan fingerprint density at radius 2 is 1.84 bits per heavy atom. The van der Waals surface area contributed by atoms with Crippen LogP contribution in [0, 0.1) is 5.82 Å². The Morgan fingerprint density at radius 3 is 2.48 bits per heavy atom. The predicted molar refractivity (Wildman–Crippen MR) is 116 cm³/mol. The summed E-state index contributed by atoms with van der Waals surface area (Å²) in [4.78, 5) is 13.0. The summed E-state index contributed by atoms with van der Waals surface area (Å²) in [6, 6.07) is 11.1. The summed E-state index contributed by atoms with van der Waals surface area (Å²) in [6.45, 7) is 4.73. The van der Waals surface area contributed by atoms with E-state index in [-0.39, 0.29) is 17.6 Å². The number of rotatable bonds is 9. The van der Waals surface area contributed by atoms with Crippen molar-refractivity contribution in [1.29, 1.82) is 0 Å². The molecule has 3 aromatic rings. The molecular formula is C23H26FN3O4. The van der Waals surface area contributed by atoms with Crippen LogP contribution in [0.2, 0.25) is 0 Å². The van der Waals surface area contributed by atoms with Gasteiger partial charge in [-0.2, -0.15) is 5.10 Å². The van der Waals surface area contributed by atoms with Gasteiger partial charge in [0.05, 0.1) is 36.9 Å². The molecule has 2 aromatic carbocycles. The smallest absolute Gasteiger partial charge is 0.259 e. The average molecular weight is 427 g/mol. The van der Waals surface area contributed by atoms with Crippen molar-refractivity contribution in [2.24, 2.45) is 0 Å². The topological polar surface area (TPSA) is 74.6 Å². The van der Waals surface area contributed by atoms with Gasteiger partial charge in [0.1, 0.15) is 12.4 Å². The summed E-state index contributed by atoms with van der Waals surface area (Å²) in [5.74, 6) is 0.440. The number of nitrogens with zero attached hydrogens (tertiary/aromatic N) is 2. The monoisotopic (exact) mass is 427 g/mol. The summed E-state index contributed by atoms with van der Waals surface area (Å²) < 4.78 is 31.0. The standard InChI is InChI=1S/C23H26FN3O4/c1-15(2)22-19(14-25-27(22)18-8-5-16(24)6-9-18)23(28)26-17-7-10-20(30-4)21(13-17)31-12-11-29-3/h5-10,13-15H,11-12H2,1-4H3,(H,26,28). The van der Waals surface area contributed by atoms with E-state index < -0.39 is 0 Å². The molecular weight excluding hydrogens is 401 g/mol. The van der Waals surface area contributed by atoms with Crippen molar-refractivity contribution in [3.63, 3.8) is 0 Å². The number of benzene rings is 2. The fraction of sp³-hybridized carbons (Fsp3) is 0.304. The van der Waals surface area contributed by atoms with E-state index in [4.69, 9.17) is 14.2 Å². The number of hydrogen-bond acceptors (Lipinski definition) is 5. The first-order chi connectivity index (χ1) is 14.9. The number of carbonyl (C=O) groups excluding carboxylic acids is 1. The summed E-state index contributed by atoms with van der Waals surface area (Å²) in [5, 5.41) is 7.26. The minimum Gasteiger partial charge on any atom is -0.493 e. The number of hydrogen-bond donors (Lipinski definition) is 1. The first-order valence-electron chi connectivity index (χ1n) is 9.89. The lowest BCUT2D eigenvalue weighted by Crippen LogP contribution is -2.15. The van der Waals surface area contributed by atoms with Crippen LogP contribution < -0.4 is 14.8 Å². The summed E-state index contributed by atoms with van der Waals surface area (Å²) >= 11 is 0. The second-order valence-corrected chi connectivity index (χ2v) is 7.15. The fourth-order valence-electron chi connectivity index (χ4n) is 3.18.